The Hall–Kier alpha value is -2.17. The molecule has 1 aliphatic carbocycles. The van der Waals surface area contributed by atoms with Crippen molar-refractivity contribution in [2.24, 2.45) is 5.92 Å². The van der Waals surface area contributed by atoms with Gasteiger partial charge >= 0.3 is 0 Å². The molecular formula is C13H13N3O2. The Morgan fingerprint density at radius 3 is 2.89 bits per heavy atom. The van der Waals surface area contributed by atoms with Crippen LogP contribution in [0.4, 0.5) is 11.4 Å². The van der Waals surface area contributed by atoms with Gasteiger partial charge in [0.05, 0.1) is 16.0 Å². The molecule has 1 fully saturated rings. The van der Waals surface area contributed by atoms with E-state index >= 15 is 0 Å². The highest BCUT2D eigenvalue weighted by Crippen LogP contribution is 2.36. The molecule has 1 heterocycles. The minimum absolute atomic E-state index is 0.104. The average Bonchev–Trinajstić information content (AvgIpc) is 3.05. The zero-order valence-electron chi connectivity index (χ0n) is 9.96. The number of hydrogen-bond acceptors (Lipinski definition) is 4. The number of nitrogens with one attached hydrogen (secondary N) is 1. The van der Waals surface area contributed by atoms with Gasteiger partial charge < -0.3 is 5.32 Å². The summed E-state index contributed by atoms with van der Waals surface area (Å²) in [4.78, 5) is 14.9. The van der Waals surface area contributed by atoms with E-state index in [-0.39, 0.29) is 10.6 Å². The van der Waals surface area contributed by atoms with Crippen LogP contribution < -0.4 is 5.32 Å². The summed E-state index contributed by atoms with van der Waals surface area (Å²) in [6, 6.07) is 7.22. The SMILES string of the molecule is CC1CC1Nc1ccc([N+](=O)[O-])c2cccnc12. The molecule has 0 spiro atoms. The fraction of sp³-hybridized carbons (Fsp3) is 0.308. The van der Waals surface area contributed by atoms with Crippen molar-refractivity contribution in [3.05, 3.63) is 40.6 Å². The number of nitro groups is 1. The van der Waals surface area contributed by atoms with E-state index in [1.54, 1.807) is 30.5 Å². The number of non-ortho nitro benzene ring substituents is 1. The molecule has 0 bridgehead atoms. The lowest BCUT2D eigenvalue weighted by Gasteiger charge is -2.08. The number of nitro benzene ring substituents is 1. The number of anilines is 1. The molecule has 5 heteroatoms. The molecule has 18 heavy (non-hydrogen) atoms. The predicted octanol–water partition coefficient (Wildman–Crippen LogP) is 2.96. The monoisotopic (exact) mass is 243 g/mol. The third kappa shape index (κ3) is 1.77. The lowest BCUT2D eigenvalue weighted by molar-refractivity contribution is -0.383. The van der Waals surface area contributed by atoms with Crippen molar-refractivity contribution in [2.45, 2.75) is 19.4 Å². The van der Waals surface area contributed by atoms with Crippen molar-refractivity contribution in [2.75, 3.05) is 5.32 Å². The molecule has 1 saturated carbocycles. The number of benzene rings is 1. The van der Waals surface area contributed by atoms with Crippen molar-refractivity contribution >= 4 is 22.3 Å². The van der Waals surface area contributed by atoms with Gasteiger partial charge in [0.15, 0.2) is 0 Å². The average molecular weight is 243 g/mol. The molecule has 5 nitrogen and oxygen atoms in total. The largest absolute Gasteiger partial charge is 0.380 e. The number of nitrogens with zero attached hydrogens (tertiary/aromatic N) is 2. The number of fused-ring (bicyclic) bond motifs is 1. The second kappa shape index (κ2) is 3.94. The van der Waals surface area contributed by atoms with Crippen LogP contribution >= 0.6 is 0 Å². The van der Waals surface area contributed by atoms with Gasteiger partial charge in [0.2, 0.25) is 0 Å². The quantitative estimate of drug-likeness (QED) is 0.664. The van der Waals surface area contributed by atoms with Crippen molar-refractivity contribution in [1.82, 2.24) is 4.98 Å². The third-order valence-electron chi connectivity index (χ3n) is 3.39. The van der Waals surface area contributed by atoms with E-state index in [1.165, 1.54) is 0 Å². The Balaban J connectivity index is 2.10. The van der Waals surface area contributed by atoms with Crippen molar-refractivity contribution in [3.8, 4) is 0 Å². The zero-order chi connectivity index (χ0) is 12.7. The summed E-state index contributed by atoms with van der Waals surface area (Å²) >= 11 is 0. The molecular weight excluding hydrogens is 230 g/mol. The summed E-state index contributed by atoms with van der Waals surface area (Å²) in [5.74, 6) is 0.666. The molecule has 0 amide bonds. The smallest absolute Gasteiger partial charge is 0.278 e. The summed E-state index contributed by atoms with van der Waals surface area (Å²) < 4.78 is 0. The van der Waals surface area contributed by atoms with Crippen molar-refractivity contribution in [1.29, 1.82) is 0 Å². The van der Waals surface area contributed by atoms with E-state index < -0.39 is 0 Å². The van der Waals surface area contributed by atoms with Crippen LogP contribution in [0.1, 0.15) is 13.3 Å². The van der Waals surface area contributed by atoms with Gasteiger partial charge in [0.1, 0.15) is 5.52 Å². The summed E-state index contributed by atoms with van der Waals surface area (Å²) in [6.07, 6.45) is 2.80. The van der Waals surface area contributed by atoms with E-state index in [2.05, 4.69) is 17.2 Å². The zero-order valence-corrected chi connectivity index (χ0v) is 9.96. The van der Waals surface area contributed by atoms with Crippen molar-refractivity contribution < 1.29 is 4.92 Å². The molecule has 2 atom stereocenters. The highest BCUT2D eigenvalue weighted by Gasteiger charge is 2.33. The van der Waals surface area contributed by atoms with E-state index in [0.717, 1.165) is 12.1 Å². The fourth-order valence-corrected chi connectivity index (χ4v) is 2.16. The summed E-state index contributed by atoms with van der Waals surface area (Å²) in [7, 11) is 0. The van der Waals surface area contributed by atoms with Gasteiger partial charge in [0.25, 0.3) is 5.69 Å². The number of aromatic nitrogens is 1. The molecule has 0 radical (unpaired) electrons. The molecule has 3 rings (SSSR count). The maximum absolute atomic E-state index is 11.0. The number of pyridine rings is 1. The Bertz CT molecular complexity index is 627. The van der Waals surface area contributed by atoms with Crippen LogP contribution in [0.2, 0.25) is 0 Å². The molecule has 0 saturated heterocycles. The van der Waals surface area contributed by atoms with Crippen LogP contribution in [0.3, 0.4) is 0 Å². The second-order valence-electron chi connectivity index (χ2n) is 4.75. The number of rotatable bonds is 3. The topological polar surface area (TPSA) is 68.1 Å². The minimum Gasteiger partial charge on any atom is -0.380 e. The van der Waals surface area contributed by atoms with E-state index in [9.17, 15) is 10.1 Å². The Morgan fingerprint density at radius 2 is 2.22 bits per heavy atom. The molecule has 2 aromatic rings. The normalized spacial score (nSPS) is 21.8. The van der Waals surface area contributed by atoms with Gasteiger partial charge in [-0.05, 0) is 30.5 Å². The Labute approximate surface area is 104 Å². The van der Waals surface area contributed by atoms with E-state index in [1.807, 2.05) is 0 Å². The molecule has 1 aromatic heterocycles. The van der Waals surface area contributed by atoms with Crippen LogP contribution in [0.5, 0.6) is 0 Å². The first kappa shape index (κ1) is 11.0. The molecule has 1 N–H and O–H groups in total. The third-order valence-corrected chi connectivity index (χ3v) is 3.39. The van der Waals surface area contributed by atoms with Crippen LogP contribution in [-0.2, 0) is 0 Å². The fourth-order valence-electron chi connectivity index (χ4n) is 2.16. The van der Waals surface area contributed by atoms with Gasteiger partial charge in [-0.3, -0.25) is 15.1 Å². The van der Waals surface area contributed by atoms with Crippen molar-refractivity contribution in [3.63, 3.8) is 0 Å². The van der Waals surface area contributed by atoms with Crippen LogP contribution in [0.25, 0.3) is 10.9 Å². The highest BCUT2D eigenvalue weighted by atomic mass is 16.6. The molecule has 0 aliphatic heterocycles. The van der Waals surface area contributed by atoms with Gasteiger partial charge in [-0.25, -0.2) is 0 Å². The standard InChI is InChI=1S/C13H13N3O2/c1-8-7-11(8)15-10-4-5-12(16(17)18)9-3-2-6-14-13(9)10/h2-6,8,11,15H,7H2,1H3. The number of hydrogen-bond donors (Lipinski definition) is 1. The second-order valence-corrected chi connectivity index (χ2v) is 4.75. The summed E-state index contributed by atoms with van der Waals surface area (Å²) in [6.45, 7) is 2.18. The van der Waals surface area contributed by atoms with Gasteiger partial charge in [0, 0.05) is 18.3 Å². The lowest BCUT2D eigenvalue weighted by Crippen LogP contribution is -2.05. The molecule has 92 valence electrons. The maximum Gasteiger partial charge on any atom is 0.278 e. The summed E-state index contributed by atoms with van der Waals surface area (Å²) in [5, 5.41) is 14.9. The molecule has 1 aromatic carbocycles. The summed E-state index contributed by atoms with van der Waals surface area (Å²) in [5.41, 5.74) is 1.66. The van der Waals surface area contributed by atoms with Crippen LogP contribution in [-0.4, -0.2) is 15.9 Å². The Morgan fingerprint density at radius 1 is 1.44 bits per heavy atom. The van der Waals surface area contributed by atoms with Crippen LogP contribution in [0, 0.1) is 16.0 Å². The minimum atomic E-state index is -0.368. The molecule has 2 unspecified atom stereocenters. The van der Waals surface area contributed by atoms with Crippen LogP contribution in [0.15, 0.2) is 30.5 Å². The molecule has 1 aliphatic rings. The van der Waals surface area contributed by atoms with E-state index in [4.69, 9.17) is 0 Å². The first-order valence-electron chi connectivity index (χ1n) is 5.95. The predicted molar refractivity (Wildman–Crippen MR) is 69.6 cm³/mol. The van der Waals surface area contributed by atoms with E-state index in [0.29, 0.717) is 22.9 Å². The first-order chi connectivity index (χ1) is 8.66. The first-order valence-corrected chi connectivity index (χ1v) is 5.95. The highest BCUT2D eigenvalue weighted by molar-refractivity contribution is 5.96. The van der Waals surface area contributed by atoms with Gasteiger partial charge in [-0.15, -0.1) is 0 Å². The Kier molecular flexibility index (Phi) is 2.40. The van der Waals surface area contributed by atoms with Gasteiger partial charge in [-0.2, -0.15) is 0 Å². The van der Waals surface area contributed by atoms with Gasteiger partial charge in [-0.1, -0.05) is 6.92 Å². The maximum atomic E-state index is 11.0. The lowest BCUT2D eigenvalue weighted by atomic mass is 10.1.